The summed E-state index contributed by atoms with van der Waals surface area (Å²) < 4.78 is 1.62. The summed E-state index contributed by atoms with van der Waals surface area (Å²) in [6, 6.07) is 7.98. The second-order valence-electron chi connectivity index (χ2n) is 4.44. The molecule has 0 amide bonds. The molecule has 2 rings (SSSR count). The Bertz CT molecular complexity index is 535. The number of ketones is 1. The van der Waals surface area contributed by atoms with Crippen LogP contribution in [-0.2, 0) is 13.5 Å². The topological polar surface area (TPSA) is 34.9 Å². The minimum atomic E-state index is 0.106. The number of aromatic nitrogens is 2. The van der Waals surface area contributed by atoms with Crippen molar-refractivity contribution in [3.8, 4) is 0 Å². The van der Waals surface area contributed by atoms with Crippen molar-refractivity contribution in [2.75, 3.05) is 0 Å². The van der Waals surface area contributed by atoms with Crippen LogP contribution in [0.15, 0.2) is 30.5 Å². The minimum Gasteiger partial charge on any atom is -0.292 e. The number of hydrogen-bond acceptors (Lipinski definition) is 2. The lowest BCUT2D eigenvalue weighted by Crippen LogP contribution is -2.09. The van der Waals surface area contributed by atoms with Gasteiger partial charge in [0.2, 0.25) is 0 Å². The Kier molecular flexibility index (Phi) is 3.09. The van der Waals surface area contributed by atoms with Gasteiger partial charge in [-0.3, -0.25) is 9.48 Å². The van der Waals surface area contributed by atoms with E-state index in [2.05, 4.69) is 23.3 Å². The minimum absolute atomic E-state index is 0.106. The maximum absolute atomic E-state index is 12.1. The van der Waals surface area contributed by atoms with E-state index in [1.807, 2.05) is 13.8 Å². The molecule has 0 saturated heterocycles. The van der Waals surface area contributed by atoms with E-state index in [0.717, 1.165) is 5.56 Å². The van der Waals surface area contributed by atoms with Gasteiger partial charge in [0.15, 0.2) is 5.78 Å². The quantitative estimate of drug-likeness (QED) is 0.756. The van der Waals surface area contributed by atoms with E-state index in [1.54, 1.807) is 24.0 Å². The summed E-state index contributed by atoms with van der Waals surface area (Å²) in [6.07, 6.45) is 2.08. The highest BCUT2D eigenvalue weighted by Gasteiger charge is 2.11. The molecule has 0 saturated carbocycles. The molecule has 0 aliphatic rings. The number of aryl methyl sites for hydroxylation is 3. The fourth-order valence-corrected chi connectivity index (χ4v) is 2.09. The van der Waals surface area contributed by atoms with Crippen LogP contribution in [0.3, 0.4) is 0 Å². The molecule has 1 aromatic carbocycles. The SMILES string of the molecule is Cc1cc(C)cc(CC(=O)c2ccnn2C)c1. The van der Waals surface area contributed by atoms with Crippen molar-refractivity contribution in [2.45, 2.75) is 20.3 Å². The third-order valence-electron chi connectivity index (χ3n) is 2.75. The molecule has 0 spiro atoms. The van der Waals surface area contributed by atoms with Gasteiger partial charge in [-0.05, 0) is 25.5 Å². The normalized spacial score (nSPS) is 10.5. The third-order valence-corrected chi connectivity index (χ3v) is 2.75. The lowest BCUT2D eigenvalue weighted by atomic mass is 10.0. The molecule has 1 aromatic heterocycles. The van der Waals surface area contributed by atoms with Gasteiger partial charge in [0.25, 0.3) is 0 Å². The maximum Gasteiger partial charge on any atom is 0.185 e. The predicted octanol–water partition coefficient (Wildman–Crippen LogP) is 2.46. The Labute approximate surface area is 101 Å². The second-order valence-corrected chi connectivity index (χ2v) is 4.44. The average Bonchev–Trinajstić information content (AvgIpc) is 2.62. The van der Waals surface area contributed by atoms with Gasteiger partial charge in [0, 0.05) is 19.7 Å². The van der Waals surface area contributed by atoms with Crippen LogP contribution in [0, 0.1) is 13.8 Å². The van der Waals surface area contributed by atoms with Crippen LogP contribution >= 0.6 is 0 Å². The lowest BCUT2D eigenvalue weighted by molar-refractivity contribution is 0.0984. The number of hydrogen-bond donors (Lipinski definition) is 0. The monoisotopic (exact) mass is 228 g/mol. The number of nitrogens with zero attached hydrogens (tertiary/aromatic N) is 2. The van der Waals surface area contributed by atoms with Crippen LogP contribution in [0.4, 0.5) is 0 Å². The van der Waals surface area contributed by atoms with Crippen LogP contribution in [0.5, 0.6) is 0 Å². The number of rotatable bonds is 3. The first kappa shape index (κ1) is 11.6. The summed E-state index contributed by atoms with van der Waals surface area (Å²) in [5, 5.41) is 4.01. The van der Waals surface area contributed by atoms with Gasteiger partial charge in [-0.15, -0.1) is 0 Å². The van der Waals surface area contributed by atoms with Crippen molar-refractivity contribution in [3.63, 3.8) is 0 Å². The molecular formula is C14H16N2O. The van der Waals surface area contributed by atoms with Crippen LogP contribution in [0.1, 0.15) is 27.2 Å². The molecule has 0 atom stereocenters. The zero-order chi connectivity index (χ0) is 12.4. The van der Waals surface area contributed by atoms with Gasteiger partial charge >= 0.3 is 0 Å². The van der Waals surface area contributed by atoms with E-state index < -0.39 is 0 Å². The molecule has 0 N–H and O–H groups in total. The summed E-state index contributed by atoms with van der Waals surface area (Å²) in [7, 11) is 1.79. The Balaban J connectivity index is 2.21. The average molecular weight is 228 g/mol. The molecule has 0 radical (unpaired) electrons. The highest BCUT2D eigenvalue weighted by atomic mass is 16.1. The molecule has 1 heterocycles. The maximum atomic E-state index is 12.1. The van der Waals surface area contributed by atoms with E-state index in [1.165, 1.54) is 11.1 Å². The first-order valence-corrected chi connectivity index (χ1v) is 5.64. The molecule has 0 fully saturated rings. The highest BCUT2D eigenvalue weighted by molar-refractivity contribution is 5.95. The number of carbonyl (C=O) groups is 1. The standard InChI is InChI=1S/C14H16N2O/c1-10-6-11(2)8-12(7-10)9-14(17)13-4-5-15-16(13)3/h4-8H,9H2,1-3H3. The van der Waals surface area contributed by atoms with Crippen LogP contribution in [-0.4, -0.2) is 15.6 Å². The van der Waals surface area contributed by atoms with E-state index in [4.69, 9.17) is 0 Å². The van der Waals surface area contributed by atoms with Crippen molar-refractivity contribution < 1.29 is 4.79 Å². The fraction of sp³-hybridized carbons (Fsp3) is 0.286. The van der Waals surface area contributed by atoms with Gasteiger partial charge < -0.3 is 0 Å². The number of benzene rings is 1. The van der Waals surface area contributed by atoms with Gasteiger partial charge in [-0.2, -0.15) is 5.10 Å². The van der Waals surface area contributed by atoms with E-state index >= 15 is 0 Å². The first-order valence-electron chi connectivity index (χ1n) is 5.64. The molecular weight excluding hydrogens is 212 g/mol. The Morgan fingerprint density at radius 2 is 1.88 bits per heavy atom. The Hall–Kier alpha value is -1.90. The predicted molar refractivity (Wildman–Crippen MR) is 67.2 cm³/mol. The molecule has 0 unspecified atom stereocenters. The van der Waals surface area contributed by atoms with Crippen molar-refractivity contribution >= 4 is 5.78 Å². The second kappa shape index (κ2) is 4.53. The summed E-state index contributed by atoms with van der Waals surface area (Å²) in [4.78, 5) is 12.1. The molecule has 3 heteroatoms. The smallest absolute Gasteiger partial charge is 0.185 e. The summed E-state index contributed by atoms with van der Waals surface area (Å²) >= 11 is 0. The van der Waals surface area contributed by atoms with Gasteiger partial charge in [0.05, 0.1) is 0 Å². The summed E-state index contributed by atoms with van der Waals surface area (Å²) in [5.41, 5.74) is 4.11. The third kappa shape index (κ3) is 2.61. The highest BCUT2D eigenvalue weighted by Crippen LogP contribution is 2.12. The van der Waals surface area contributed by atoms with Crippen molar-refractivity contribution in [2.24, 2.45) is 7.05 Å². The van der Waals surface area contributed by atoms with Gasteiger partial charge in [-0.25, -0.2) is 0 Å². The van der Waals surface area contributed by atoms with Gasteiger partial charge in [-0.1, -0.05) is 29.3 Å². The van der Waals surface area contributed by atoms with E-state index in [9.17, 15) is 4.79 Å². The Morgan fingerprint density at radius 3 is 2.41 bits per heavy atom. The molecule has 0 aliphatic heterocycles. The summed E-state index contributed by atoms with van der Waals surface area (Å²) in [5.74, 6) is 0.106. The van der Waals surface area contributed by atoms with Crippen molar-refractivity contribution in [3.05, 3.63) is 52.8 Å². The van der Waals surface area contributed by atoms with Crippen molar-refractivity contribution in [1.82, 2.24) is 9.78 Å². The van der Waals surface area contributed by atoms with Crippen LogP contribution in [0.25, 0.3) is 0 Å². The van der Waals surface area contributed by atoms with Gasteiger partial charge in [0.1, 0.15) is 5.69 Å². The molecule has 2 aromatic rings. The van der Waals surface area contributed by atoms with E-state index in [0.29, 0.717) is 12.1 Å². The van der Waals surface area contributed by atoms with Crippen LogP contribution < -0.4 is 0 Å². The first-order chi connectivity index (χ1) is 8.06. The zero-order valence-corrected chi connectivity index (χ0v) is 10.4. The van der Waals surface area contributed by atoms with E-state index in [-0.39, 0.29) is 5.78 Å². The molecule has 0 bridgehead atoms. The molecule has 17 heavy (non-hydrogen) atoms. The lowest BCUT2D eigenvalue weighted by Gasteiger charge is -2.05. The number of carbonyl (C=O) groups excluding carboxylic acids is 1. The number of Topliss-reactive ketones (excluding diaryl/α,β-unsaturated/α-hetero) is 1. The Morgan fingerprint density at radius 1 is 1.24 bits per heavy atom. The van der Waals surface area contributed by atoms with Crippen molar-refractivity contribution in [1.29, 1.82) is 0 Å². The summed E-state index contributed by atoms with van der Waals surface area (Å²) in [6.45, 7) is 4.09. The van der Waals surface area contributed by atoms with Crippen LogP contribution in [0.2, 0.25) is 0 Å². The largest absolute Gasteiger partial charge is 0.292 e. The molecule has 3 nitrogen and oxygen atoms in total. The fourth-order valence-electron chi connectivity index (χ4n) is 2.09. The molecule has 0 aliphatic carbocycles. The zero-order valence-electron chi connectivity index (χ0n) is 10.4. The molecule has 88 valence electrons.